The smallest absolute Gasteiger partial charge is 0.417 e. The van der Waals surface area contributed by atoms with Crippen LogP contribution >= 0.6 is 11.6 Å². The van der Waals surface area contributed by atoms with Crippen molar-refractivity contribution < 1.29 is 27.5 Å². The maximum Gasteiger partial charge on any atom is 0.417 e. The Balaban J connectivity index is 1.93. The number of carboxylic acid groups (broad SMARTS) is 1. The number of anilines is 2. The molecular formula is C17H11ClF4N4O2. The number of fused-ring (bicyclic) bond motifs is 1. The minimum Gasteiger partial charge on any atom is -0.464 e. The summed E-state index contributed by atoms with van der Waals surface area (Å²) in [6.45, 7) is 0. The maximum absolute atomic E-state index is 13.8. The highest BCUT2D eigenvalue weighted by Crippen LogP contribution is 2.43. The van der Waals surface area contributed by atoms with Crippen LogP contribution in [0.5, 0.6) is 0 Å². The highest BCUT2D eigenvalue weighted by atomic mass is 35.5. The number of hydrogen-bond acceptors (Lipinski definition) is 3. The molecule has 0 aliphatic heterocycles. The summed E-state index contributed by atoms with van der Waals surface area (Å²) in [5.41, 5.74) is -0.774. The van der Waals surface area contributed by atoms with Crippen molar-refractivity contribution in [3.63, 3.8) is 0 Å². The van der Waals surface area contributed by atoms with Gasteiger partial charge in [0.25, 0.3) is 0 Å². The van der Waals surface area contributed by atoms with Crippen molar-refractivity contribution in [2.24, 2.45) is 0 Å². The van der Waals surface area contributed by atoms with Gasteiger partial charge in [0.1, 0.15) is 16.8 Å². The van der Waals surface area contributed by atoms with Crippen LogP contribution in [0.15, 0.2) is 30.5 Å². The monoisotopic (exact) mass is 414 g/mol. The fourth-order valence-corrected chi connectivity index (χ4v) is 3.16. The first kappa shape index (κ1) is 18.5. The zero-order valence-electron chi connectivity index (χ0n) is 13.9. The zero-order chi connectivity index (χ0) is 20.2. The van der Waals surface area contributed by atoms with Gasteiger partial charge in [0.05, 0.1) is 17.4 Å². The van der Waals surface area contributed by atoms with Gasteiger partial charge in [-0.2, -0.15) is 22.8 Å². The Labute approximate surface area is 160 Å². The summed E-state index contributed by atoms with van der Waals surface area (Å²) in [7, 11) is 0. The molecule has 1 saturated carbocycles. The van der Waals surface area contributed by atoms with E-state index in [4.69, 9.17) is 11.6 Å². The van der Waals surface area contributed by atoms with E-state index >= 15 is 0 Å². The average molecular weight is 415 g/mol. The van der Waals surface area contributed by atoms with E-state index in [1.807, 2.05) is 0 Å². The fraction of sp³-hybridized carbons (Fsp3) is 0.235. The Bertz CT molecular complexity index is 1090. The molecule has 3 aromatic rings. The molecule has 146 valence electrons. The highest BCUT2D eigenvalue weighted by Gasteiger charge is 2.34. The van der Waals surface area contributed by atoms with E-state index in [0.717, 1.165) is 24.5 Å². The summed E-state index contributed by atoms with van der Waals surface area (Å²) < 4.78 is 54.2. The van der Waals surface area contributed by atoms with Crippen molar-refractivity contribution >= 4 is 34.8 Å². The Hall–Kier alpha value is -2.88. The third-order valence-corrected chi connectivity index (χ3v) is 4.55. The quantitative estimate of drug-likeness (QED) is 0.470. The molecule has 11 heteroatoms. The van der Waals surface area contributed by atoms with Crippen LogP contribution in [0.25, 0.3) is 5.65 Å². The first-order chi connectivity index (χ1) is 13.1. The number of aromatic nitrogens is 3. The molecule has 0 unspecified atom stereocenters. The predicted molar refractivity (Wildman–Crippen MR) is 91.5 cm³/mol. The average Bonchev–Trinajstić information content (AvgIpc) is 3.33. The normalized spacial score (nSPS) is 14.5. The Morgan fingerprint density at radius 2 is 1.96 bits per heavy atom. The number of rotatable bonds is 3. The molecule has 0 saturated heterocycles. The van der Waals surface area contributed by atoms with Gasteiger partial charge in [-0.15, -0.1) is 0 Å². The molecule has 1 N–H and O–H groups in total. The maximum atomic E-state index is 13.8. The minimum atomic E-state index is -4.85. The van der Waals surface area contributed by atoms with Crippen molar-refractivity contribution in [2.45, 2.75) is 24.9 Å². The SMILES string of the molecule is O=C(O)N(c1cc(F)cc(C(F)(F)F)c1)c1cc(Cl)nc2c(C3CC3)cnn12. The second-order valence-electron chi connectivity index (χ2n) is 6.36. The zero-order valence-corrected chi connectivity index (χ0v) is 14.7. The number of nitrogens with zero attached hydrogens (tertiary/aromatic N) is 4. The van der Waals surface area contributed by atoms with E-state index in [1.54, 1.807) is 0 Å². The van der Waals surface area contributed by atoms with Crippen molar-refractivity contribution in [1.82, 2.24) is 14.6 Å². The molecule has 6 nitrogen and oxygen atoms in total. The molecule has 1 aliphatic rings. The van der Waals surface area contributed by atoms with Crippen molar-refractivity contribution in [3.05, 3.63) is 52.6 Å². The lowest BCUT2D eigenvalue weighted by molar-refractivity contribution is -0.137. The van der Waals surface area contributed by atoms with E-state index in [1.165, 1.54) is 10.7 Å². The third kappa shape index (κ3) is 3.24. The second kappa shape index (κ2) is 6.33. The number of carbonyl (C=O) groups is 1. The van der Waals surface area contributed by atoms with Gasteiger partial charge >= 0.3 is 12.3 Å². The summed E-state index contributed by atoms with van der Waals surface area (Å²) in [5.74, 6) is -1.18. The van der Waals surface area contributed by atoms with Crippen molar-refractivity contribution in [1.29, 1.82) is 0 Å². The van der Waals surface area contributed by atoms with Crippen LogP contribution in [-0.2, 0) is 6.18 Å². The Morgan fingerprint density at radius 3 is 2.57 bits per heavy atom. The topological polar surface area (TPSA) is 70.7 Å². The number of halogens is 5. The van der Waals surface area contributed by atoms with Crippen LogP contribution in [0.1, 0.15) is 29.9 Å². The molecule has 0 radical (unpaired) electrons. The Morgan fingerprint density at radius 1 is 1.25 bits per heavy atom. The van der Waals surface area contributed by atoms with Gasteiger partial charge in [-0.3, -0.25) is 0 Å². The van der Waals surface area contributed by atoms with Gasteiger partial charge < -0.3 is 5.11 Å². The summed E-state index contributed by atoms with van der Waals surface area (Å²) in [4.78, 5) is 16.5. The van der Waals surface area contributed by atoms with Crippen LogP contribution in [-0.4, -0.2) is 25.8 Å². The summed E-state index contributed by atoms with van der Waals surface area (Å²) in [6.07, 6.45) is -3.12. The molecule has 4 rings (SSSR count). The standard InChI is InChI=1S/C17H11ClF4N4O2/c18-13-6-14(26-15(24-13)12(7-23-26)8-1-2-8)25(16(27)28)11-4-9(17(20,21)22)3-10(19)5-11/h3-8H,1-2H2,(H,27,28). The van der Waals surface area contributed by atoms with E-state index in [-0.39, 0.29) is 23.0 Å². The van der Waals surface area contributed by atoms with Gasteiger partial charge in [0.2, 0.25) is 0 Å². The van der Waals surface area contributed by atoms with Gasteiger partial charge in [-0.1, -0.05) is 11.6 Å². The molecule has 1 aliphatic carbocycles. The van der Waals surface area contributed by atoms with Crippen LogP contribution in [0.3, 0.4) is 0 Å². The fourth-order valence-electron chi connectivity index (χ4n) is 2.98. The van der Waals surface area contributed by atoms with Crippen molar-refractivity contribution in [3.8, 4) is 0 Å². The second-order valence-corrected chi connectivity index (χ2v) is 6.75. The van der Waals surface area contributed by atoms with Crippen LogP contribution in [0, 0.1) is 5.82 Å². The molecule has 2 heterocycles. The number of amides is 1. The lowest BCUT2D eigenvalue weighted by Crippen LogP contribution is -2.27. The first-order valence-electron chi connectivity index (χ1n) is 8.10. The van der Waals surface area contributed by atoms with Crippen LogP contribution in [0.4, 0.5) is 33.9 Å². The molecule has 0 atom stereocenters. The number of alkyl halides is 3. The van der Waals surface area contributed by atoms with E-state index in [2.05, 4.69) is 10.1 Å². The summed E-state index contributed by atoms with van der Waals surface area (Å²) in [5, 5.41) is 13.7. The van der Waals surface area contributed by atoms with Gasteiger partial charge in [0, 0.05) is 11.6 Å². The van der Waals surface area contributed by atoms with E-state index in [0.29, 0.717) is 22.7 Å². The van der Waals surface area contributed by atoms with Gasteiger partial charge in [-0.05, 0) is 37.0 Å². The Kier molecular flexibility index (Phi) is 4.18. The molecule has 1 aromatic carbocycles. The third-order valence-electron chi connectivity index (χ3n) is 4.35. The molecule has 28 heavy (non-hydrogen) atoms. The number of benzene rings is 1. The lowest BCUT2D eigenvalue weighted by Gasteiger charge is -2.21. The molecule has 0 spiro atoms. The highest BCUT2D eigenvalue weighted by molar-refractivity contribution is 6.29. The summed E-state index contributed by atoms with van der Waals surface area (Å²) in [6, 6.07) is 2.67. The van der Waals surface area contributed by atoms with Crippen LogP contribution < -0.4 is 4.90 Å². The molecular weight excluding hydrogens is 404 g/mol. The van der Waals surface area contributed by atoms with Crippen LogP contribution in [0.2, 0.25) is 5.15 Å². The first-order valence-corrected chi connectivity index (χ1v) is 8.48. The molecule has 1 fully saturated rings. The van der Waals surface area contributed by atoms with E-state index < -0.39 is 29.3 Å². The van der Waals surface area contributed by atoms with Gasteiger partial charge in [0.15, 0.2) is 5.65 Å². The van der Waals surface area contributed by atoms with E-state index in [9.17, 15) is 27.5 Å². The minimum absolute atomic E-state index is 0.0661. The molecule has 0 bridgehead atoms. The predicted octanol–water partition coefficient (Wildman–Crippen LogP) is 5.23. The lowest BCUT2D eigenvalue weighted by atomic mass is 10.1. The van der Waals surface area contributed by atoms with Crippen molar-refractivity contribution in [2.75, 3.05) is 4.90 Å². The molecule has 1 amide bonds. The summed E-state index contributed by atoms with van der Waals surface area (Å²) >= 11 is 6.02. The number of hydrogen-bond donors (Lipinski definition) is 1. The van der Waals surface area contributed by atoms with Gasteiger partial charge in [-0.25, -0.2) is 19.1 Å². The molecule has 2 aromatic heterocycles. The largest absolute Gasteiger partial charge is 0.464 e.